The molecule has 27 heavy (non-hydrogen) atoms. The first-order chi connectivity index (χ1) is 13.0. The van der Waals surface area contributed by atoms with Crippen molar-refractivity contribution in [3.63, 3.8) is 0 Å². The van der Waals surface area contributed by atoms with Crippen LogP contribution in [0.15, 0.2) is 44.8 Å². The number of anilines is 1. The molecule has 0 spiro atoms. The molecule has 0 unspecified atom stereocenters. The van der Waals surface area contributed by atoms with Gasteiger partial charge in [-0.15, -0.1) is 23.1 Å². The number of carbonyl (C=O) groups excluding carboxylic acids is 1. The van der Waals surface area contributed by atoms with Crippen LogP contribution in [0, 0.1) is 0 Å². The molecule has 0 saturated carbocycles. The summed E-state index contributed by atoms with van der Waals surface area (Å²) in [5.41, 5.74) is 0.861. The van der Waals surface area contributed by atoms with Crippen molar-refractivity contribution in [3.8, 4) is 0 Å². The van der Waals surface area contributed by atoms with Gasteiger partial charge in [-0.1, -0.05) is 23.5 Å². The summed E-state index contributed by atoms with van der Waals surface area (Å²) in [5.74, 6) is -0.322. The number of amides is 1. The van der Waals surface area contributed by atoms with Crippen LogP contribution < -0.4 is 5.32 Å². The lowest BCUT2D eigenvalue weighted by atomic mass is 10.2. The van der Waals surface area contributed by atoms with Gasteiger partial charge in [0.1, 0.15) is 10.3 Å². The number of fused-ring (bicyclic) bond motifs is 1. The Morgan fingerprint density at radius 3 is 2.93 bits per heavy atom. The molecule has 4 rings (SSSR count). The zero-order valence-electron chi connectivity index (χ0n) is 14.4. The van der Waals surface area contributed by atoms with Gasteiger partial charge in [-0.05, 0) is 42.7 Å². The van der Waals surface area contributed by atoms with E-state index in [0.29, 0.717) is 24.5 Å². The van der Waals surface area contributed by atoms with Crippen LogP contribution in [0.2, 0.25) is 0 Å². The van der Waals surface area contributed by atoms with Gasteiger partial charge in [0.25, 0.3) is 10.0 Å². The Bertz CT molecular complexity index is 1080. The van der Waals surface area contributed by atoms with Gasteiger partial charge in [0, 0.05) is 11.4 Å². The fraction of sp³-hybridized carbons (Fsp3) is 0.294. The van der Waals surface area contributed by atoms with Crippen LogP contribution in [0.5, 0.6) is 0 Å². The monoisotopic (exact) mass is 439 g/mol. The first kappa shape index (κ1) is 18.9. The minimum Gasteiger partial charge on any atom is -0.301 e. The van der Waals surface area contributed by atoms with Crippen molar-refractivity contribution in [1.29, 1.82) is 0 Å². The molecular formula is C17H17N3O3S4. The van der Waals surface area contributed by atoms with Gasteiger partial charge >= 0.3 is 0 Å². The predicted octanol–water partition coefficient (Wildman–Crippen LogP) is 3.87. The van der Waals surface area contributed by atoms with E-state index in [1.54, 1.807) is 29.3 Å². The zero-order valence-corrected chi connectivity index (χ0v) is 17.7. The quantitative estimate of drug-likeness (QED) is 0.611. The molecule has 3 aromatic rings. The number of carbonyl (C=O) groups is 1. The third-order valence-electron chi connectivity index (χ3n) is 4.40. The summed E-state index contributed by atoms with van der Waals surface area (Å²) in [6, 6.07) is 8.49. The van der Waals surface area contributed by atoms with Crippen molar-refractivity contribution in [2.24, 2.45) is 0 Å². The van der Waals surface area contributed by atoms with Crippen LogP contribution in [0.4, 0.5) is 5.13 Å². The van der Waals surface area contributed by atoms with Crippen LogP contribution in [-0.4, -0.2) is 42.5 Å². The number of aromatic nitrogens is 1. The van der Waals surface area contributed by atoms with Crippen LogP contribution >= 0.6 is 34.4 Å². The molecule has 3 heterocycles. The number of sulfonamides is 1. The lowest BCUT2D eigenvalue weighted by Crippen LogP contribution is -2.42. The standard InChI is InChI=1S/C17H17N3O3S4/c1-24-12-6-2-7-13-15(12)18-17(26-13)19-16(21)11-5-3-9-20(11)27(22,23)14-8-4-10-25-14/h2,4,6-8,10-11H,3,5,9H2,1H3,(H,18,19,21)/t11-/m1/s1. The second-order valence-electron chi connectivity index (χ2n) is 6.02. The SMILES string of the molecule is CSc1cccc2sc(NC(=O)[C@H]3CCCN3S(=O)(=O)c3cccs3)nc12. The predicted molar refractivity (Wildman–Crippen MR) is 111 cm³/mol. The lowest BCUT2D eigenvalue weighted by molar-refractivity contribution is -0.119. The van der Waals surface area contributed by atoms with E-state index in [-0.39, 0.29) is 10.1 Å². The normalized spacial score (nSPS) is 18.2. The molecule has 1 atom stereocenters. The average molecular weight is 440 g/mol. The Morgan fingerprint density at radius 1 is 1.33 bits per heavy atom. The van der Waals surface area contributed by atoms with Gasteiger partial charge in [-0.3, -0.25) is 4.79 Å². The number of nitrogens with one attached hydrogen (secondary N) is 1. The first-order valence-corrected chi connectivity index (χ1v) is 12.7. The topological polar surface area (TPSA) is 79.4 Å². The highest BCUT2D eigenvalue weighted by Crippen LogP contribution is 2.33. The Morgan fingerprint density at radius 2 is 2.19 bits per heavy atom. The number of rotatable bonds is 5. The van der Waals surface area contributed by atoms with Gasteiger partial charge < -0.3 is 5.32 Å². The summed E-state index contributed by atoms with van der Waals surface area (Å²) in [7, 11) is -3.65. The maximum atomic E-state index is 12.8. The molecule has 0 radical (unpaired) electrons. The molecule has 1 fully saturated rings. The molecule has 1 aliphatic heterocycles. The van der Waals surface area contributed by atoms with Crippen molar-refractivity contribution in [2.45, 2.75) is 28.0 Å². The van der Waals surface area contributed by atoms with Crippen LogP contribution in [-0.2, 0) is 14.8 Å². The van der Waals surface area contributed by atoms with Crippen molar-refractivity contribution in [3.05, 3.63) is 35.7 Å². The summed E-state index contributed by atoms with van der Waals surface area (Å²) in [4.78, 5) is 18.4. The minimum atomic E-state index is -3.65. The fourth-order valence-corrected chi connectivity index (χ4v) is 7.45. The summed E-state index contributed by atoms with van der Waals surface area (Å²) in [6.45, 7) is 0.356. The number of thiazole rings is 1. The van der Waals surface area contributed by atoms with E-state index in [4.69, 9.17) is 0 Å². The van der Waals surface area contributed by atoms with Gasteiger partial charge in [0.15, 0.2) is 5.13 Å². The largest absolute Gasteiger partial charge is 0.301 e. The zero-order chi connectivity index (χ0) is 19.0. The molecule has 2 aromatic heterocycles. The highest BCUT2D eigenvalue weighted by molar-refractivity contribution is 7.98. The van der Waals surface area contributed by atoms with Crippen molar-refractivity contribution in [2.75, 3.05) is 18.1 Å². The molecule has 142 valence electrons. The first-order valence-electron chi connectivity index (χ1n) is 8.30. The van der Waals surface area contributed by atoms with E-state index in [9.17, 15) is 13.2 Å². The molecule has 1 aliphatic rings. The number of nitrogens with zero attached hydrogens (tertiary/aromatic N) is 2. The molecule has 1 aromatic carbocycles. The summed E-state index contributed by atoms with van der Waals surface area (Å²) in [6.07, 6.45) is 3.16. The van der Waals surface area contributed by atoms with E-state index in [2.05, 4.69) is 10.3 Å². The number of hydrogen-bond donors (Lipinski definition) is 1. The van der Waals surface area contributed by atoms with Gasteiger partial charge in [-0.2, -0.15) is 4.31 Å². The maximum Gasteiger partial charge on any atom is 0.253 e. The van der Waals surface area contributed by atoms with E-state index in [1.807, 2.05) is 24.5 Å². The van der Waals surface area contributed by atoms with Crippen LogP contribution in [0.25, 0.3) is 10.2 Å². The van der Waals surface area contributed by atoms with E-state index >= 15 is 0 Å². The fourth-order valence-electron chi connectivity index (χ4n) is 3.15. The van der Waals surface area contributed by atoms with Crippen molar-refractivity contribution >= 4 is 65.7 Å². The lowest BCUT2D eigenvalue weighted by Gasteiger charge is -2.22. The van der Waals surface area contributed by atoms with Crippen LogP contribution in [0.1, 0.15) is 12.8 Å². The van der Waals surface area contributed by atoms with Crippen molar-refractivity contribution in [1.82, 2.24) is 9.29 Å². The van der Waals surface area contributed by atoms with Crippen molar-refractivity contribution < 1.29 is 13.2 Å². The second kappa shape index (κ2) is 7.51. The summed E-state index contributed by atoms with van der Waals surface area (Å²) in [5, 5.41) is 5.05. The number of hydrogen-bond acceptors (Lipinski definition) is 7. The third kappa shape index (κ3) is 3.52. The molecule has 1 N–H and O–H groups in total. The summed E-state index contributed by atoms with van der Waals surface area (Å²) >= 11 is 4.17. The van der Waals surface area contributed by atoms with E-state index < -0.39 is 16.1 Å². The highest BCUT2D eigenvalue weighted by Gasteiger charge is 2.40. The molecule has 0 aliphatic carbocycles. The minimum absolute atomic E-state index is 0.270. The smallest absolute Gasteiger partial charge is 0.253 e. The molecule has 10 heteroatoms. The van der Waals surface area contributed by atoms with Gasteiger partial charge in [-0.25, -0.2) is 13.4 Å². The van der Waals surface area contributed by atoms with Gasteiger partial charge in [0.2, 0.25) is 5.91 Å². The Kier molecular flexibility index (Phi) is 5.26. The number of thiophene rings is 1. The van der Waals surface area contributed by atoms with Crippen LogP contribution in [0.3, 0.4) is 0 Å². The Balaban J connectivity index is 1.57. The molecular weight excluding hydrogens is 422 g/mol. The Hall–Kier alpha value is -1.46. The number of thioether (sulfide) groups is 1. The molecule has 1 saturated heterocycles. The van der Waals surface area contributed by atoms with Gasteiger partial charge in [0.05, 0.1) is 10.2 Å². The molecule has 6 nitrogen and oxygen atoms in total. The third-order valence-corrected chi connectivity index (χ3v) is 9.38. The molecule has 1 amide bonds. The number of benzene rings is 1. The second-order valence-corrected chi connectivity index (χ2v) is 11.0. The summed E-state index contributed by atoms with van der Waals surface area (Å²) < 4.78 is 28.2. The number of para-hydroxylation sites is 1. The highest BCUT2D eigenvalue weighted by atomic mass is 32.2. The maximum absolute atomic E-state index is 12.8. The average Bonchev–Trinajstić information content (AvgIpc) is 3.40. The Labute approximate surface area is 169 Å². The van der Waals surface area contributed by atoms with E-state index in [0.717, 1.165) is 15.1 Å². The molecule has 0 bridgehead atoms. The van der Waals surface area contributed by atoms with E-state index in [1.165, 1.54) is 27.0 Å².